The molecule has 2 heterocycles. The van der Waals surface area contributed by atoms with E-state index in [0.717, 1.165) is 30.3 Å². The molecule has 0 radical (unpaired) electrons. The molecule has 160 valence electrons. The van der Waals surface area contributed by atoms with Crippen LogP contribution in [0.2, 0.25) is 0 Å². The van der Waals surface area contributed by atoms with E-state index < -0.39 is 47.5 Å². The van der Waals surface area contributed by atoms with E-state index in [9.17, 15) is 23.5 Å². The largest absolute Gasteiger partial charge is 0.382 e. The number of aromatic nitrogens is 2. The molecule has 6 nitrogen and oxygen atoms in total. The first-order valence-electron chi connectivity index (χ1n) is 9.70. The van der Waals surface area contributed by atoms with E-state index >= 15 is 4.39 Å². The number of alkyl halides is 2. The Hall–Kier alpha value is -2.17. The molecule has 1 saturated carbocycles. The number of aromatic amines is 1. The molecular formula is C20H19F3N2O4S. The molecule has 10 heteroatoms. The highest BCUT2D eigenvalue weighted by Crippen LogP contribution is 2.52. The van der Waals surface area contributed by atoms with E-state index in [0.29, 0.717) is 15.4 Å². The fraction of sp³-hybridized carbons (Fsp3) is 0.500. The first kappa shape index (κ1) is 19.8. The highest BCUT2D eigenvalue weighted by molar-refractivity contribution is 7.12. The van der Waals surface area contributed by atoms with Crippen LogP contribution in [0.5, 0.6) is 0 Å². The summed E-state index contributed by atoms with van der Waals surface area (Å²) in [6.45, 7) is 0. The van der Waals surface area contributed by atoms with Gasteiger partial charge in [0.2, 0.25) is 0 Å². The van der Waals surface area contributed by atoms with Crippen LogP contribution < -0.4 is 11.2 Å². The molecule has 3 atom stereocenters. The summed E-state index contributed by atoms with van der Waals surface area (Å²) in [6.07, 6.45) is -0.683. The van der Waals surface area contributed by atoms with Gasteiger partial charge in [0.05, 0.1) is 17.2 Å². The maximum Gasteiger partial charge on any atom is 0.328 e. The van der Waals surface area contributed by atoms with Gasteiger partial charge in [-0.1, -0.05) is 0 Å². The Morgan fingerprint density at radius 2 is 2.07 bits per heavy atom. The number of rotatable bonds is 3. The quantitative estimate of drug-likeness (QED) is 0.767. The summed E-state index contributed by atoms with van der Waals surface area (Å²) in [6, 6.07) is 1.31. The van der Waals surface area contributed by atoms with Gasteiger partial charge in [-0.15, -0.1) is 11.3 Å². The number of aryl methyl sites for hydroxylation is 1. The molecule has 1 fully saturated rings. The number of aliphatic hydroxyl groups is 1. The number of hydrogen-bond donors (Lipinski definition) is 2. The summed E-state index contributed by atoms with van der Waals surface area (Å²) >= 11 is 1.15. The van der Waals surface area contributed by atoms with Crippen molar-refractivity contribution in [3.8, 4) is 0 Å². The lowest BCUT2D eigenvalue weighted by molar-refractivity contribution is -0.121. The predicted octanol–water partition coefficient (Wildman–Crippen LogP) is 3.34. The third kappa shape index (κ3) is 2.84. The van der Waals surface area contributed by atoms with Crippen LogP contribution in [-0.4, -0.2) is 27.7 Å². The lowest BCUT2D eigenvalue weighted by Crippen LogP contribution is -2.38. The summed E-state index contributed by atoms with van der Waals surface area (Å²) in [5.74, 6) is -4.88. The molecule has 0 amide bonds. The lowest BCUT2D eigenvalue weighted by atomic mass is 9.86. The molecule has 2 aromatic heterocycles. The van der Waals surface area contributed by atoms with Crippen molar-refractivity contribution in [2.75, 3.05) is 7.11 Å². The molecule has 3 aliphatic carbocycles. The topological polar surface area (TPSA) is 84.3 Å². The molecule has 2 N–H and O–H groups in total. The van der Waals surface area contributed by atoms with Gasteiger partial charge in [0.15, 0.2) is 0 Å². The summed E-state index contributed by atoms with van der Waals surface area (Å²) < 4.78 is 50.2. The summed E-state index contributed by atoms with van der Waals surface area (Å²) in [4.78, 5) is 28.1. The Balaban J connectivity index is 1.67. The van der Waals surface area contributed by atoms with E-state index in [1.807, 2.05) is 0 Å². The van der Waals surface area contributed by atoms with Crippen molar-refractivity contribution in [1.82, 2.24) is 9.55 Å². The summed E-state index contributed by atoms with van der Waals surface area (Å²) in [5.41, 5.74) is -0.820. The number of nitrogens with one attached hydrogen (secondary N) is 1. The minimum Gasteiger partial charge on any atom is -0.382 e. The lowest BCUT2D eigenvalue weighted by Gasteiger charge is -2.31. The van der Waals surface area contributed by atoms with Crippen molar-refractivity contribution < 1.29 is 23.0 Å². The number of hydrogen-bond acceptors (Lipinski definition) is 5. The number of H-pyrrole nitrogens is 1. The van der Waals surface area contributed by atoms with Gasteiger partial charge < -0.3 is 9.84 Å². The zero-order valence-corrected chi connectivity index (χ0v) is 16.8. The highest BCUT2D eigenvalue weighted by Gasteiger charge is 2.46. The molecule has 3 unspecified atom stereocenters. The summed E-state index contributed by atoms with van der Waals surface area (Å²) in [5, 5.41) is 10.1. The van der Waals surface area contributed by atoms with E-state index in [2.05, 4.69) is 4.98 Å². The van der Waals surface area contributed by atoms with Crippen molar-refractivity contribution in [2.24, 2.45) is 0 Å². The van der Waals surface area contributed by atoms with Gasteiger partial charge in [-0.05, 0) is 31.4 Å². The van der Waals surface area contributed by atoms with Crippen LogP contribution in [-0.2, 0) is 11.2 Å². The molecule has 0 aliphatic heterocycles. The Labute approximate surface area is 172 Å². The van der Waals surface area contributed by atoms with Crippen molar-refractivity contribution in [3.63, 3.8) is 0 Å². The van der Waals surface area contributed by atoms with Gasteiger partial charge in [0, 0.05) is 34.9 Å². The number of methoxy groups -OCH3 is 1. The van der Waals surface area contributed by atoms with Gasteiger partial charge in [-0.3, -0.25) is 14.3 Å². The van der Waals surface area contributed by atoms with Crippen molar-refractivity contribution in [1.29, 1.82) is 0 Å². The van der Waals surface area contributed by atoms with Crippen LogP contribution in [0.4, 0.5) is 13.2 Å². The molecular weight excluding hydrogens is 421 g/mol. The fourth-order valence-electron chi connectivity index (χ4n) is 4.46. The van der Waals surface area contributed by atoms with E-state index in [1.165, 1.54) is 17.7 Å². The fourth-order valence-corrected chi connectivity index (χ4v) is 5.78. The predicted molar refractivity (Wildman–Crippen MR) is 104 cm³/mol. The second-order valence-electron chi connectivity index (χ2n) is 8.01. The third-order valence-corrected chi connectivity index (χ3v) is 7.38. The number of nitrogens with zero attached hydrogens (tertiary/aromatic N) is 1. The Kier molecular flexibility index (Phi) is 4.39. The van der Waals surface area contributed by atoms with Crippen molar-refractivity contribution in [2.45, 2.75) is 55.8 Å². The van der Waals surface area contributed by atoms with Crippen LogP contribution in [0.1, 0.15) is 70.0 Å². The van der Waals surface area contributed by atoms with Crippen molar-refractivity contribution in [3.05, 3.63) is 59.3 Å². The maximum absolute atomic E-state index is 15.2. The molecule has 0 spiro atoms. The van der Waals surface area contributed by atoms with Crippen LogP contribution in [0, 0.1) is 0 Å². The number of thiophene rings is 1. The normalized spacial score (nSPS) is 27.4. The molecule has 0 saturated heterocycles. The van der Waals surface area contributed by atoms with Gasteiger partial charge >= 0.3 is 5.69 Å². The Morgan fingerprint density at radius 1 is 1.33 bits per heavy atom. The maximum atomic E-state index is 15.2. The second-order valence-corrected chi connectivity index (χ2v) is 9.18. The van der Waals surface area contributed by atoms with Gasteiger partial charge in [0.25, 0.3) is 11.5 Å². The minimum atomic E-state index is -3.24. The van der Waals surface area contributed by atoms with Crippen molar-refractivity contribution >= 4 is 17.4 Å². The van der Waals surface area contributed by atoms with Gasteiger partial charge in [-0.2, -0.15) is 0 Å². The molecule has 0 aromatic carbocycles. The van der Waals surface area contributed by atoms with Crippen LogP contribution in [0.15, 0.2) is 21.5 Å². The summed E-state index contributed by atoms with van der Waals surface area (Å²) in [7, 11) is 1.36. The number of ether oxygens (including phenoxy) is 1. The number of aliphatic hydroxyl groups excluding tert-OH is 1. The van der Waals surface area contributed by atoms with E-state index in [1.54, 1.807) is 0 Å². The average Bonchev–Trinajstić information content (AvgIpc) is 3.43. The first-order chi connectivity index (χ1) is 14.2. The third-order valence-electron chi connectivity index (χ3n) is 6.08. The minimum absolute atomic E-state index is 0.0370. The smallest absolute Gasteiger partial charge is 0.328 e. The monoisotopic (exact) mass is 440 g/mol. The van der Waals surface area contributed by atoms with Crippen LogP contribution in [0.25, 0.3) is 6.08 Å². The Morgan fingerprint density at radius 3 is 2.73 bits per heavy atom. The van der Waals surface area contributed by atoms with Gasteiger partial charge in [-0.25, -0.2) is 18.0 Å². The molecule has 3 aliphatic rings. The zero-order valence-electron chi connectivity index (χ0n) is 16.0. The molecule has 30 heavy (non-hydrogen) atoms. The van der Waals surface area contributed by atoms with E-state index in [4.69, 9.17) is 4.74 Å². The first-order valence-corrected chi connectivity index (χ1v) is 10.5. The molecule has 2 aromatic rings. The highest BCUT2D eigenvalue weighted by atomic mass is 32.1. The number of halogens is 3. The van der Waals surface area contributed by atoms with Gasteiger partial charge in [0.1, 0.15) is 18.0 Å². The average molecular weight is 440 g/mol. The van der Waals surface area contributed by atoms with Crippen LogP contribution in [0.3, 0.4) is 0 Å². The van der Waals surface area contributed by atoms with E-state index in [-0.39, 0.29) is 23.6 Å². The Bertz CT molecular complexity index is 1180. The zero-order chi connectivity index (χ0) is 21.4. The molecule has 5 rings (SSSR count). The molecule has 0 bridgehead atoms. The van der Waals surface area contributed by atoms with Crippen LogP contribution >= 0.6 is 11.3 Å². The second kappa shape index (κ2) is 6.66. The SMILES string of the molecule is COC1c2c(c(=O)[nH]c(=O)n2C2CC2)C=C(F)C1c1cc2c(s1)CCC(F)(F)C2O. The standard InChI is InChI=1S/C20H19F3N2O4S/c1-29-16-14(13-7-9-12(30-13)4-5-20(22,23)17(9)26)11(21)6-10-15(16)25(8-2-3-8)19(28)24-18(10)27/h6-8,14,16-17,26H,2-5H2,1H3,(H,24,27,28). The number of fused-ring (bicyclic) bond motifs is 2.